The van der Waals surface area contributed by atoms with E-state index in [0.29, 0.717) is 25.5 Å². The molecule has 0 aliphatic carbocycles. The molecule has 5 nitrogen and oxygen atoms in total. The monoisotopic (exact) mass is 320 g/mol. The average Bonchev–Trinajstić information content (AvgIpc) is 2.45. The minimum Gasteiger partial charge on any atom is -0.494 e. The first-order chi connectivity index (χ1) is 10.9. The molecular formula is C18H28N2O3. The molecule has 23 heavy (non-hydrogen) atoms. The van der Waals surface area contributed by atoms with Gasteiger partial charge in [0.15, 0.2) is 0 Å². The van der Waals surface area contributed by atoms with Crippen molar-refractivity contribution in [3.63, 3.8) is 0 Å². The number of hydrogen-bond donors (Lipinski definition) is 1. The number of nitrogens with zero attached hydrogens (tertiary/aromatic N) is 1. The summed E-state index contributed by atoms with van der Waals surface area (Å²) < 4.78 is 5.66. The number of nitrogens with two attached hydrogens (primary N) is 1. The van der Waals surface area contributed by atoms with Gasteiger partial charge in [0.2, 0.25) is 11.8 Å². The van der Waals surface area contributed by atoms with Crippen molar-refractivity contribution in [1.29, 1.82) is 0 Å². The zero-order chi connectivity index (χ0) is 17.2. The topological polar surface area (TPSA) is 72.6 Å². The van der Waals surface area contributed by atoms with Crippen LogP contribution in [0.25, 0.3) is 0 Å². The van der Waals surface area contributed by atoms with Gasteiger partial charge in [-0.2, -0.15) is 0 Å². The molecular weight excluding hydrogens is 292 g/mol. The molecule has 0 aliphatic rings. The summed E-state index contributed by atoms with van der Waals surface area (Å²) in [5.41, 5.74) is 6.37. The normalized spacial score (nSPS) is 10.6. The second-order valence-electron chi connectivity index (χ2n) is 6.26. The van der Waals surface area contributed by atoms with Crippen molar-refractivity contribution in [1.82, 2.24) is 4.90 Å². The second kappa shape index (κ2) is 9.87. The molecule has 1 rings (SSSR count). The van der Waals surface area contributed by atoms with Crippen LogP contribution >= 0.6 is 0 Å². The third-order valence-corrected chi connectivity index (χ3v) is 3.33. The summed E-state index contributed by atoms with van der Waals surface area (Å²) >= 11 is 0. The molecule has 1 aromatic rings. The quantitative estimate of drug-likeness (QED) is 0.673. The van der Waals surface area contributed by atoms with Crippen molar-refractivity contribution in [3.8, 4) is 5.75 Å². The number of amides is 2. The van der Waals surface area contributed by atoms with Crippen LogP contribution in [0.15, 0.2) is 24.3 Å². The van der Waals surface area contributed by atoms with E-state index in [-0.39, 0.29) is 12.5 Å². The van der Waals surface area contributed by atoms with E-state index in [1.54, 1.807) is 4.90 Å². The molecule has 1 aromatic carbocycles. The van der Waals surface area contributed by atoms with Gasteiger partial charge in [0, 0.05) is 13.0 Å². The summed E-state index contributed by atoms with van der Waals surface area (Å²) in [4.78, 5) is 24.8. The Labute approximate surface area is 138 Å². The SMILES string of the molecule is Cc1cccc(OCCCCC(=O)N(CC(N)=O)CC(C)C)c1. The Morgan fingerprint density at radius 2 is 2.00 bits per heavy atom. The fraction of sp³-hybridized carbons (Fsp3) is 0.556. The summed E-state index contributed by atoms with van der Waals surface area (Å²) in [5, 5.41) is 0. The highest BCUT2D eigenvalue weighted by atomic mass is 16.5. The van der Waals surface area contributed by atoms with Crippen LogP contribution < -0.4 is 10.5 Å². The van der Waals surface area contributed by atoms with Crippen molar-refractivity contribution < 1.29 is 14.3 Å². The van der Waals surface area contributed by atoms with Crippen LogP contribution in [-0.4, -0.2) is 36.4 Å². The molecule has 2 N–H and O–H groups in total. The maximum absolute atomic E-state index is 12.2. The summed E-state index contributed by atoms with van der Waals surface area (Å²) in [6.45, 7) is 7.18. The van der Waals surface area contributed by atoms with E-state index in [2.05, 4.69) is 0 Å². The predicted octanol–water partition coefficient (Wildman–Crippen LogP) is 2.51. The number of hydrogen-bond acceptors (Lipinski definition) is 3. The van der Waals surface area contributed by atoms with Gasteiger partial charge in [-0.05, 0) is 43.4 Å². The van der Waals surface area contributed by atoms with Crippen LogP contribution in [-0.2, 0) is 9.59 Å². The lowest BCUT2D eigenvalue weighted by Gasteiger charge is -2.23. The number of rotatable bonds is 10. The van der Waals surface area contributed by atoms with Crippen LogP contribution in [0.4, 0.5) is 0 Å². The lowest BCUT2D eigenvalue weighted by atomic mass is 10.1. The van der Waals surface area contributed by atoms with E-state index >= 15 is 0 Å². The van der Waals surface area contributed by atoms with E-state index in [4.69, 9.17) is 10.5 Å². The predicted molar refractivity (Wildman–Crippen MR) is 91.1 cm³/mol. The van der Waals surface area contributed by atoms with Crippen LogP contribution in [0.1, 0.15) is 38.7 Å². The van der Waals surface area contributed by atoms with Gasteiger partial charge in [0.25, 0.3) is 0 Å². The summed E-state index contributed by atoms with van der Waals surface area (Å²) in [7, 11) is 0. The molecule has 0 saturated heterocycles. The van der Waals surface area contributed by atoms with Crippen LogP contribution in [0.5, 0.6) is 5.75 Å². The highest BCUT2D eigenvalue weighted by Crippen LogP contribution is 2.13. The van der Waals surface area contributed by atoms with Crippen molar-refractivity contribution in [3.05, 3.63) is 29.8 Å². The van der Waals surface area contributed by atoms with Gasteiger partial charge in [-0.3, -0.25) is 9.59 Å². The molecule has 0 bridgehead atoms. The number of aryl methyl sites for hydroxylation is 1. The third-order valence-electron chi connectivity index (χ3n) is 3.33. The Bertz CT molecular complexity index is 515. The van der Waals surface area contributed by atoms with Crippen LogP contribution in [0, 0.1) is 12.8 Å². The highest BCUT2D eigenvalue weighted by Gasteiger charge is 2.16. The van der Waals surface area contributed by atoms with Crippen molar-refractivity contribution in [2.24, 2.45) is 11.7 Å². The fourth-order valence-electron chi connectivity index (χ4n) is 2.31. The lowest BCUT2D eigenvalue weighted by molar-refractivity contribution is -0.135. The molecule has 0 unspecified atom stereocenters. The zero-order valence-electron chi connectivity index (χ0n) is 14.4. The van der Waals surface area contributed by atoms with Gasteiger partial charge in [-0.15, -0.1) is 0 Å². The summed E-state index contributed by atoms with van der Waals surface area (Å²) in [6.07, 6.45) is 1.95. The number of ether oxygens (including phenoxy) is 1. The van der Waals surface area contributed by atoms with E-state index in [0.717, 1.165) is 24.2 Å². The first kappa shape index (κ1) is 19.0. The number of benzene rings is 1. The maximum atomic E-state index is 12.2. The van der Waals surface area contributed by atoms with Gasteiger partial charge in [0.1, 0.15) is 5.75 Å². The Kier molecular flexibility index (Phi) is 8.16. The fourth-order valence-corrected chi connectivity index (χ4v) is 2.31. The Morgan fingerprint density at radius 1 is 1.26 bits per heavy atom. The molecule has 0 atom stereocenters. The molecule has 0 radical (unpaired) electrons. The van der Waals surface area contributed by atoms with E-state index in [1.807, 2.05) is 45.0 Å². The molecule has 5 heteroatoms. The van der Waals surface area contributed by atoms with E-state index < -0.39 is 5.91 Å². The average molecular weight is 320 g/mol. The molecule has 2 amide bonds. The van der Waals surface area contributed by atoms with Crippen LogP contribution in [0.3, 0.4) is 0 Å². The smallest absolute Gasteiger partial charge is 0.237 e. The van der Waals surface area contributed by atoms with Gasteiger partial charge in [-0.1, -0.05) is 26.0 Å². The number of primary amides is 1. The minimum atomic E-state index is -0.471. The minimum absolute atomic E-state index is 0.00317. The number of carbonyl (C=O) groups is 2. The molecule has 0 spiro atoms. The highest BCUT2D eigenvalue weighted by molar-refractivity contribution is 5.83. The maximum Gasteiger partial charge on any atom is 0.237 e. The van der Waals surface area contributed by atoms with Crippen molar-refractivity contribution in [2.75, 3.05) is 19.7 Å². The lowest BCUT2D eigenvalue weighted by Crippen LogP contribution is -2.40. The zero-order valence-corrected chi connectivity index (χ0v) is 14.4. The molecule has 128 valence electrons. The number of carbonyl (C=O) groups excluding carboxylic acids is 2. The van der Waals surface area contributed by atoms with Crippen molar-refractivity contribution >= 4 is 11.8 Å². The Hall–Kier alpha value is -2.04. The molecule has 0 saturated carbocycles. The van der Waals surface area contributed by atoms with Gasteiger partial charge in [0.05, 0.1) is 13.2 Å². The Morgan fingerprint density at radius 3 is 2.61 bits per heavy atom. The van der Waals surface area contributed by atoms with Gasteiger partial charge in [-0.25, -0.2) is 0 Å². The van der Waals surface area contributed by atoms with E-state index in [1.165, 1.54) is 0 Å². The molecule has 0 aliphatic heterocycles. The van der Waals surface area contributed by atoms with Crippen molar-refractivity contribution in [2.45, 2.75) is 40.0 Å². The first-order valence-electron chi connectivity index (χ1n) is 8.14. The van der Waals surface area contributed by atoms with Gasteiger partial charge < -0.3 is 15.4 Å². The molecule has 0 heterocycles. The standard InChI is InChI=1S/C18H28N2O3/c1-14(2)12-20(13-17(19)21)18(22)9-4-5-10-23-16-8-6-7-15(3)11-16/h6-8,11,14H,4-5,9-10,12-13H2,1-3H3,(H2,19,21). The molecule has 0 fully saturated rings. The largest absolute Gasteiger partial charge is 0.494 e. The first-order valence-corrected chi connectivity index (χ1v) is 8.14. The van der Waals surface area contributed by atoms with Crippen LogP contribution in [0.2, 0.25) is 0 Å². The number of unbranched alkanes of at least 4 members (excludes halogenated alkanes) is 1. The van der Waals surface area contributed by atoms with E-state index in [9.17, 15) is 9.59 Å². The van der Waals surface area contributed by atoms with Gasteiger partial charge >= 0.3 is 0 Å². The summed E-state index contributed by atoms with van der Waals surface area (Å²) in [6, 6.07) is 7.90. The second-order valence-corrected chi connectivity index (χ2v) is 6.26. The molecule has 0 aromatic heterocycles. The third kappa shape index (κ3) is 8.24. The summed E-state index contributed by atoms with van der Waals surface area (Å²) in [5.74, 6) is 0.671. The Balaban J connectivity index is 2.29.